The molecule has 1 aliphatic rings. The van der Waals surface area contributed by atoms with Gasteiger partial charge in [0.15, 0.2) is 0 Å². The molecule has 0 heterocycles. The van der Waals surface area contributed by atoms with Crippen LogP contribution in [0.3, 0.4) is 0 Å². The number of hydrogen-bond donors (Lipinski definition) is 3. The predicted molar refractivity (Wildman–Crippen MR) is 69.8 cm³/mol. The minimum atomic E-state index is -0.359. The Hall–Kier alpha value is -1.13. The number of nitrogens with one attached hydrogen (secondary N) is 1. The molecule has 0 aliphatic heterocycles. The van der Waals surface area contributed by atoms with Crippen molar-refractivity contribution in [2.24, 2.45) is 5.73 Å². The monoisotopic (exact) mass is 252 g/mol. The van der Waals surface area contributed by atoms with Gasteiger partial charge in [-0.15, -0.1) is 0 Å². The highest BCUT2D eigenvalue weighted by molar-refractivity contribution is 5.29. The highest BCUT2D eigenvalue weighted by Gasteiger charge is 2.21. The summed E-state index contributed by atoms with van der Waals surface area (Å²) in [6.45, 7) is 1.95. The summed E-state index contributed by atoms with van der Waals surface area (Å²) in [6, 6.07) is 5.00. The van der Waals surface area contributed by atoms with Crippen molar-refractivity contribution in [1.29, 1.82) is 0 Å². The van der Waals surface area contributed by atoms with Crippen LogP contribution in [-0.4, -0.2) is 17.2 Å². The second-order valence-electron chi connectivity index (χ2n) is 5.21. The van der Waals surface area contributed by atoms with E-state index in [2.05, 4.69) is 5.32 Å². The van der Waals surface area contributed by atoms with Crippen molar-refractivity contribution in [3.05, 3.63) is 29.6 Å². The number of hydrogen-bond acceptors (Lipinski definition) is 3. The van der Waals surface area contributed by atoms with Gasteiger partial charge in [-0.3, -0.25) is 0 Å². The number of phenolic OH excluding ortho intramolecular Hbond substituents is 1. The van der Waals surface area contributed by atoms with Crippen LogP contribution in [0.5, 0.6) is 5.75 Å². The Morgan fingerprint density at radius 2 is 2.00 bits per heavy atom. The maximum atomic E-state index is 13.7. The summed E-state index contributed by atoms with van der Waals surface area (Å²) in [5.41, 5.74) is 6.46. The van der Waals surface area contributed by atoms with Crippen molar-refractivity contribution in [1.82, 2.24) is 5.32 Å². The van der Waals surface area contributed by atoms with Crippen LogP contribution in [0, 0.1) is 5.82 Å². The molecule has 0 aromatic heterocycles. The Balaban J connectivity index is 1.97. The molecule has 100 valence electrons. The molecule has 0 amide bonds. The smallest absolute Gasteiger partial charge is 0.131 e. The van der Waals surface area contributed by atoms with E-state index in [1.54, 1.807) is 6.07 Å². The summed E-state index contributed by atoms with van der Waals surface area (Å²) in [5, 5.41) is 12.6. The molecule has 4 heteroatoms. The van der Waals surface area contributed by atoms with Crippen LogP contribution in [-0.2, 0) is 0 Å². The first-order chi connectivity index (χ1) is 8.56. The first-order valence-electron chi connectivity index (χ1n) is 6.56. The molecular weight excluding hydrogens is 231 g/mol. The number of halogens is 1. The zero-order chi connectivity index (χ0) is 13.1. The maximum Gasteiger partial charge on any atom is 0.131 e. The zero-order valence-corrected chi connectivity index (χ0v) is 10.7. The van der Waals surface area contributed by atoms with Crippen LogP contribution >= 0.6 is 0 Å². The lowest BCUT2D eigenvalue weighted by Gasteiger charge is -2.29. The molecule has 1 atom stereocenters. The summed E-state index contributed by atoms with van der Waals surface area (Å²) >= 11 is 0. The topological polar surface area (TPSA) is 58.3 Å². The number of nitrogens with two attached hydrogens (primary N) is 1. The van der Waals surface area contributed by atoms with E-state index >= 15 is 0 Å². The van der Waals surface area contributed by atoms with E-state index in [9.17, 15) is 9.50 Å². The minimum absolute atomic E-state index is 0.0351. The highest BCUT2D eigenvalue weighted by Crippen LogP contribution is 2.24. The van der Waals surface area contributed by atoms with Gasteiger partial charge < -0.3 is 16.2 Å². The van der Waals surface area contributed by atoms with Gasteiger partial charge in [-0.1, -0.05) is 6.07 Å². The predicted octanol–water partition coefficient (Wildman–Crippen LogP) is 2.45. The van der Waals surface area contributed by atoms with Gasteiger partial charge >= 0.3 is 0 Å². The van der Waals surface area contributed by atoms with Gasteiger partial charge in [0.05, 0.1) is 0 Å². The van der Waals surface area contributed by atoms with Gasteiger partial charge in [-0.05, 0) is 38.7 Å². The van der Waals surface area contributed by atoms with Gasteiger partial charge in [-0.25, -0.2) is 4.39 Å². The highest BCUT2D eigenvalue weighted by atomic mass is 19.1. The van der Waals surface area contributed by atoms with E-state index in [0.717, 1.165) is 31.7 Å². The molecule has 2 rings (SSSR count). The molecule has 1 aromatic rings. The molecule has 1 fully saturated rings. The van der Waals surface area contributed by atoms with Crippen LogP contribution in [0.2, 0.25) is 0 Å². The summed E-state index contributed by atoms with van der Waals surface area (Å²) in [5.74, 6) is -0.394. The lowest BCUT2D eigenvalue weighted by molar-refractivity contribution is 0.319. The lowest BCUT2D eigenvalue weighted by Crippen LogP contribution is -2.38. The van der Waals surface area contributed by atoms with Gasteiger partial charge in [0.2, 0.25) is 0 Å². The third-order valence-corrected chi connectivity index (χ3v) is 3.71. The van der Waals surface area contributed by atoms with E-state index in [-0.39, 0.29) is 17.6 Å². The SMILES string of the molecule is CC(NC1CCC(N)CC1)c1ccc(O)cc1F. The molecule has 0 radical (unpaired) electrons. The fourth-order valence-electron chi connectivity index (χ4n) is 2.60. The van der Waals surface area contributed by atoms with Gasteiger partial charge in [0, 0.05) is 29.8 Å². The average Bonchev–Trinajstić information content (AvgIpc) is 2.32. The fraction of sp³-hybridized carbons (Fsp3) is 0.571. The normalized spacial score (nSPS) is 25.9. The van der Waals surface area contributed by atoms with Crippen LogP contribution in [0.1, 0.15) is 44.2 Å². The fourth-order valence-corrected chi connectivity index (χ4v) is 2.60. The molecule has 1 saturated carbocycles. The molecule has 0 saturated heterocycles. The second-order valence-corrected chi connectivity index (χ2v) is 5.21. The Bertz CT molecular complexity index is 403. The van der Waals surface area contributed by atoms with E-state index in [0.29, 0.717) is 17.6 Å². The van der Waals surface area contributed by atoms with Crippen molar-refractivity contribution in [2.45, 2.75) is 50.7 Å². The Morgan fingerprint density at radius 3 is 2.61 bits per heavy atom. The van der Waals surface area contributed by atoms with Crippen molar-refractivity contribution >= 4 is 0 Å². The van der Waals surface area contributed by atoms with Crippen LogP contribution in [0.25, 0.3) is 0 Å². The molecule has 1 aliphatic carbocycles. The van der Waals surface area contributed by atoms with Crippen LogP contribution in [0.15, 0.2) is 18.2 Å². The molecule has 4 N–H and O–H groups in total. The molecular formula is C14H21FN2O. The van der Waals surface area contributed by atoms with Crippen molar-refractivity contribution in [2.75, 3.05) is 0 Å². The summed E-state index contributed by atoms with van der Waals surface area (Å²) in [7, 11) is 0. The maximum absolute atomic E-state index is 13.7. The van der Waals surface area contributed by atoms with Gasteiger partial charge in [-0.2, -0.15) is 0 Å². The first-order valence-corrected chi connectivity index (χ1v) is 6.56. The van der Waals surface area contributed by atoms with E-state index < -0.39 is 0 Å². The summed E-state index contributed by atoms with van der Waals surface area (Å²) in [4.78, 5) is 0. The quantitative estimate of drug-likeness (QED) is 0.774. The number of aromatic hydroxyl groups is 1. The lowest BCUT2D eigenvalue weighted by atomic mass is 9.91. The summed E-state index contributed by atoms with van der Waals surface area (Å²) in [6.07, 6.45) is 4.15. The number of rotatable bonds is 3. The molecule has 1 unspecified atom stereocenters. The average molecular weight is 252 g/mol. The Kier molecular flexibility index (Phi) is 4.19. The van der Waals surface area contributed by atoms with Crippen LogP contribution < -0.4 is 11.1 Å². The largest absolute Gasteiger partial charge is 0.508 e. The first kappa shape index (κ1) is 13.3. The van der Waals surface area contributed by atoms with E-state index in [4.69, 9.17) is 5.73 Å². The molecule has 0 spiro atoms. The van der Waals surface area contributed by atoms with Crippen molar-refractivity contribution < 1.29 is 9.50 Å². The number of benzene rings is 1. The number of phenols is 1. The second kappa shape index (κ2) is 5.67. The van der Waals surface area contributed by atoms with Crippen LogP contribution in [0.4, 0.5) is 4.39 Å². The third kappa shape index (κ3) is 3.21. The minimum Gasteiger partial charge on any atom is -0.508 e. The summed E-state index contributed by atoms with van der Waals surface area (Å²) < 4.78 is 13.7. The van der Waals surface area contributed by atoms with E-state index in [1.807, 2.05) is 6.92 Å². The molecule has 0 bridgehead atoms. The molecule has 18 heavy (non-hydrogen) atoms. The van der Waals surface area contributed by atoms with Gasteiger partial charge in [0.25, 0.3) is 0 Å². The van der Waals surface area contributed by atoms with E-state index in [1.165, 1.54) is 6.07 Å². The van der Waals surface area contributed by atoms with Crippen molar-refractivity contribution in [3.8, 4) is 5.75 Å². The van der Waals surface area contributed by atoms with Crippen molar-refractivity contribution in [3.63, 3.8) is 0 Å². The zero-order valence-electron chi connectivity index (χ0n) is 10.7. The van der Waals surface area contributed by atoms with Gasteiger partial charge in [0.1, 0.15) is 11.6 Å². The third-order valence-electron chi connectivity index (χ3n) is 3.71. The standard InChI is InChI=1S/C14H21FN2O/c1-9(13-7-6-12(18)8-14(13)15)17-11-4-2-10(16)3-5-11/h6-11,17-18H,2-5,16H2,1H3. The molecule has 3 nitrogen and oxygen atoms in total. The Labute approximate surface area is 107 Å². The Morgan fingerprint density at radius 1 is 1.33 bits per heavy atom. The molecule has 1 aromatic carbocycles.